The summed E-state index contributed by atoms with van der Waals surface area (Å²) in [5.74, 6) is 0.524. The predicted molar refractivity (Wildman–Crippen MR) is 77.2 cm³/mol. The van der Waals surface area contributed by atoms with Gasteiger partial charge in [-0.15, -0.1) is 0 Å². The SMILES string of the molecule is O=C(O)c1cc(S(=O)(=O)NC2CCSC2)ccc1Br. The second-order valence-corrected chi connectivity index (χ2v) is 7.85. The van der Waals surface area contributed by atoms with Crippen LogP contribution < -0.4 is 4.72 Å². The van der Waals surface area contributed by atoms with E-state index in [2.05, 4.69) is 20.7 Å². The Morgan fingerprint density at radius 2 is 2.21 bits per heavy atom. The van der Waals surface area contributed by atoms with Crippen LogP contribution in [-0.2, 0) is 10.0 Å². The van der Waals surface area contributed by atoms with E-state index in [0.717, 1.165) is 24.0 Å². The molecule has 1 heterocycles. The van der Waals surface area contributed by atoms with E-state index in [1.165, 1.54) is 12.1 Å². The van der Waals surface area contributed by atoms with Gasteiger partial charge >= 0.3 is 5.97 Å². The molecule has 19 heavy (non-hydrogen) atoms. The number of rotatable bonds is 4. The van der Waals surface area contributed by atoms with E-state index in [1.807, 2.05) is 0 Å². The summed E-state index contributed by atoms with van der Waals surface area (Å²) >= 11 is 4.79. The number of hydrogen-bond acceptors (Lipinski definition) is 4. The number of thioether (sulfide) groups is 1. The first-order valence-electron chi connectivity index (χ1n) is 5.53. The van der Waals surface area contributed by atoms with Crippen LogP contribution in [0.4, 0.5) is 0 Å². The highest BCUT2D eigenvalue weighted by Gasteiger charge is 2.24. The molecule has 8 heteroatoms. The van der Waals surface area contributed by atoms with Gasteiger partial charge in [-0.05, 0) is 46.3 Å². The maximum atomic E-state index is 12.1. The van der Waals surface area contributed by atoms with Crippen molar-refractivity contribution in [1.29, 1.82) is 0 Å². The fraction of sp³-hybridized carbons (Fsp3) is 0.364. The number of carboxylic acid groups (broad SMARTS) is 1. The molecule has 0 aromatic heterocycles. The molecule has 1 saturated heterocycles. The van der Waals surface area contributed by atoms with Crippen molar-refractivity contribution in [3.63, 3.8) is 0 Å². The molecule has 0 spiro atoms. The van der Waals surface area contributed by atoms with Crippen molar-refractivity contribution in [2.75, 3.05) is 11.5 Å². The maximum absolute atomic E-state index is 12.1. The van der Waals surface area contributed by atoms with Gasteiger partial charge in [0.05, 0.1) is 10.5 Å². The van der Waals surface area contributed by atoms with Gasteiger partial charge in [-0.2, -0.15) is 11.8 Å². The summed E-state index contributed by atoms with van der Waals surface area (Å²) in [6, 6.07) is 3.91. The highest BCUT2D eigenvalue weighted by atomic mass is 79.9. The Hall–Kier alpha value is -0.570. The third-order valence-corrected chi connectivity index (χ3v) is 6.10. The van der Waals surface area contributed by atoms with Gasteiger partial charge in [-0.3, -0.25) is 0 Å². The summed E-state index contributed by atoms with van der Waals surface area (Å²) in [5, 5.41) is 8.99. The van der Waals surface area contributed by atoms with Gasteiger partial charge in [0.1, 0.15) is 0 Å². The normalized spacial score (nSPS) is 19.5. The Morgan fingerprint density at radius 3 is 2.79 bits per heavy atom. The van der Waals surface area contributed by atoms with Crippen molar-refractivity contribution >= 4 is 43.7 Å². The van der Waals surface area contributed by atoms with Crippen LogP contribution in [0.3, 0.4) is 0 Å². The molecule has 1 atom stereocenters. The lowest BCUT2D eigenvalue weighted by Gasteiger charge is -2.12. The molecule has 1 unspecified atom stereocenters. The van der Waals surface area contributed by atoms with Gasteiger partial charge in [0.15, 0.2) is 0 Å². The quantitative estimate of drug-likeness (QED) is 0.851. The number of halogens is 1. The van der Waals surface area contributed by atoms with E-state index in [4.69, 9.17) is 5.11 Å². The fourth-order valence-electron chi connectivity index (χ4n) is 1.75. The average Bonchev–Trinajstić information content (AvgIpc) is 2.80. The molecule has 0 radical (unpaired) electrons. The number of benzene rings is 1. The fourth-order valence-corrected chi connectivity index (χ4v) is 4.72. The van der Waals surface area contributed by atoms with Crippen molar-refractivity contribution < 1.29 is 18.3 Å². The lowest BCUT2D eigenvalue weighted by Crippen LogP contribution is -2.34. The van der Waals surface area contributed by atoms with Crippen LogP contribution in [0.25, 0.3) is 0 Å². The van der Waals surface area contributed by atoms with Gasteiger partial charge in [0, 0.05) is 16.3 Å². The minimum absolute atomic E-state index is 0.0231. The molecule has 0 saturated carbocycles. The smallest absolute Gasteiger partial charge is 0.336 e. The molecule has 104 valence electrons. The average molecular weight is 366 g/mol. The van der Waals surface area contributed by atoms with Crippen molar-refractivity contribution in [3.8, 4) is 0 Å². The van der Waals surface area contributed by atoms with Gasteiger partial charge in [-0.1, -0.05) is 0 Å². The standard InChI is InChI=1S/C11H12BrNO4S2/c12-10-2-1-8(5-9(10)11(14)15)19(16,17)13-7-3-4-18-6-7/h1-2,5,7,13H,3-4,6H2,(H,14,15). The molecular weight excluding hydrogens is 354 g/mol. The van der Waals surface area contributed by atoms with Crippen molar-refractivity contribution in [2.45, 2.75) is 17.4 Å². The topological polar surface area (TPSA) is 83.5 Å². The molecule has 0 bridgehead atoms. The Bertz CT molecular complexity index is 597. The van der Waals surface area contributed by atoms with E-state index in [0.29, 0.717) is 4.47 Å². The number of hydrogen-bond donors (Lipinski definition) is 2. The first kappa shape index (κ1) is 14.8. The zero-order valence-corrected chi connectivity index (χ0v) is 13.0. The van der Waals surface area contributed by atoms with Crippen LogP contribution in [-0.4, -0.2) is 37.0 Å². The van der Waals surface area contributed by atoms with E-state index in [9.17, 15) is 13.2 Å². The molecule has 0 amide bonds. The number of nitrogens with one attached hydrogen (secondary N) is 1. The second kappa shape index (κ2) is 5.82. The molecule has 2 rings (SSSR count). The monoisotopic (exact) mass is 365 g/mol. The Balaban J connectivity index is 2.29. The van der Waals surface area contributed by atoms with E-state index in [1.54, 1.807) is 11.8 Å². The summed E-state index contributed by atoms with van der Waals surface area (Å²) in [6.07, 6.45) is 0.798. The number of sulfonamides is 1. The van der Waals surface area contributed by atoms with E-state index < -0.39 is 16.0 Å². The van der Waals surface area contributed by atoms with Gasteiger partial charge in [-0.25, -0.2) is 17.9 Å². The van der Waals surface area contributed by atoms with Crippen LogP contribution in [0.5, 0.6) is 0 Å². The highest BCUT2D eigenvalue weighted by molar-refractivity contribution is 9.10. The lowest BCUT2D eigenvalue weighted by molar-refractivity contribution is 0.0695. The molecule has 1 aromatic rings. The summed E-state index contributed by atoms with van der Waals surface area (Å²) in [5.41, 5.74) is -0.0660. The second-order valence-electron chi connectivity index (χ2n) is 4.13. The molecule has 1 aromatic carbocycles. The van der Waals surface area contributed by atoms with Gasteiger partial charge < -0.3 is 5.11 Å². The third-order valence-electron chi connectivity index (χ3n) is 2.73. The first-order valence-corrected chi connectivity index (χ1v) is 8.96. The van der Waals surface area contributed by atoms with Crippen molar-refractivity contribution in [2.24, 2.45) is 0 Å². The van der Waals surface area contributed by atoms with E-state index >= 15 is 0 Å². The molecule has 2 N–H and O–H groups in total. The molecule has 5 nitrogen and oxygen atoms in total. The zero-order valence-electron chi connectivity index (χ0n) is 9.80. The highest BCUT2D eigenvalue weighted by Crippen LogP contribution is 2.23. The van der Waals surface area contributed by atoms with Crippen LogP contribution >= 0.6 is 27.7 Å². The minimum Gasteiger partial charge on any atom is -0.478 e. The van der Waals surface area contributed by atoms with Gasteiger partial charge in [0.25, 0.3) is 0 Å². The first-order chi connectivity index (χ1) is 8.90. The zero-order chi connectivity index (χ0) is 14.0. The predicted octanol–water partition coefficient (Wildman–Crippen LogP) is 1.93. The minimum atomic E-state index is -3.66. The molecule has 0 aliphatic carbocycles. The summed E-state index contributed by atoms with van der Waals surface area (Å²) in [4.78, 5) is 11.0. The van der Waals surface area contributed by atoms with Crippen molar-refractivity contribution in [1.82, 2.24) is 4.72 Å². The Kier molecular flexibility index (Phi) is 4.54. The summed E-state index contributed by atoms with van der Waals surface area (Å²) in [6.45, 7) is 0. The molecular formula is C11H12BrNO4S2. The molecule has 1 aliphatic heterocycles. The van der Waals surface area contributed by atoms with Crippen molar-refractivity contribution in [3.05, 3.63) is 28.2 Å². The Morgan fingerprint density at radius 1 is 1.47 bits per heavy atom. The molecule has 1 fully saturated rings. The van der Waals surface area contributed by atoms with E-state index in [-0.39, 0.29) is 16.5 Å². The van der Waals surface area contributed by atoms with Crippen LogP contribution in [0.15, 0.2) is 27.6 Å². The maximum Gasteiger partial charge on any atom is 0.336 e. The van der Waals surface area contributed by atoms with Gasteiger partial charge in [0.2, 0.25) is 10.0 Å². The van der Waals surface area contributed by atoms with Crippen LogP contribution in [0, 0.1) is 0 Å². The molecule has 1 aliphatic rings. The summed E-state index contributed by atoms with van der Waals surface area (Å²) < 4.78 is 27.2. The number of carboxylic acids is 1. The number of carbonyl (C=O) groups is 1. The summed E-state index contributed by atoms with van der Waals surface area (Å²) in [7, 11) is -3.66. The largest absolute Gasteiger partial charge is 0.478 e. The number of aromatic carboxylic acids is 1. The van der Waals surface area contributed by atoms with Crippen LogP contribution in [0.2, 0.25) is 0 Å². The Labute approximate surface area is 124 Å². The lowest BCUT2D eigenvalue weighted by atomic mass is 10.2. The third kappa shape index (κ3) is 3.50. The van der Waals surface area contributed by atoms with Crippen LogP contribution in [0.1, 0.15) is 16.8 Å².